The van der Waals surface area contributed by atoms with Gasteiger partial charge in [-0.3, -0.25) is 4.99 Å². The molecule has 7 heteroatoms. The van der Waals surface area contributed by atoms with Crippen molar-refractivity contribution in [1.29, 1.82) is 0 Å². The standard InChI is InChI=1S/C23H40N4O3/c1-23(2,18-8-9-20(29-5)21(16-18)30-6)17-25-22(24-3)26-19-10-13-27(14-11-19)12-7-15-28-4/h8-9,16,19H,7,10-15,17H2,1-6H3,(H2,24,25,26). The van der Waals surface area contributed by atoms with Gasteiger partial charge in [0, 0.05) is 58.4 Å². The van der Waals surface area contributed by atoms with Crippen LogP contribution in [0.4, 0.5) is 0 Å². The van der Waals surface area contributed by atoms with Crippen LogP contribution in [0.3, 0.4) is 0 Å². The van der Waals surface area contributed by atoms with Gasteiger partial charge in [0.25, 0.3) is 0 Å². The van der Waals surface area contributed by atoms with Crippen molar-refractivity contribution in [3.63, 3.8) is 0 Å². The number of nitrogens with one attached hydrogen (secondary N) is 2. The molecule has 7 nitrogen and oxygen atoms in total. The van der Waals surface area contributed by atoms with Crippen LogP contribution in [0.25, 0.3) is 0 Å². The van der Waals surface area contributed by atoms with Crippen molar-refractivity contribution in [2.24, 2.45) is 4.99 Å². The molecule has 0 unspecified atom stereocenters. The van der Waals surface area contributed by atoms with E-state index in [2.05, 4.69) is 46.5 Å². The maximum absolute atomic E-state index is 5.47. The maximum atomic E-state index is 5.47. The molecule has 1 aliphatic rings. The fourth-order valence-corrected chi connectivity index (χ4v) is 3.79. The van der Waals surface area contributed by atoms with Crippen LogP contribution in [0.1, 0.15) is 38.7 Å². The lowest BCUT2D eigenvalue weighted by molar-refractivity contribution is 0.155. The summed E-state index contributed by atoms with van der Waals surface area (Å²) in [5.41, 5.74) is 1.09. The van der Waals surface area contributed by atoms with Crippen molar-refractivity contribution in [3.05, 3.63) is 23.8 Å². The highest BCUT2D eigenvalue weighted by Crippen LogP contribution is 2.32. The van der Waals surface area contributed by atoms with E-state index in [-0.39, 0.29) is 5.41 Å². The molecule has 30 heavy (non-hydrogen) atoms. The van der Waals surface area contributed by atoms with Crippen LogP contribution in [0.15, 0.2) is 23.2 Å². The second-order valence-corrected chi connectivity index (χ2v) is 8.49. The molecule has 1 fully saturated rings. The number of benzene rings is 1. The molecule has 0 atom stereocenters. The Morgan fingerprint density at radius 2 is 1.83 bits per heavy atom. The first kappa shape index (κ1) is 24.3. The molecular weight excluding hydrogens is 380 g/mol. The number of methoxy groups -OCH3 is 3. The van der Waals surface area contributed by atoms with Gasteiger partial charge < -0.3 is 29.7 Å². The van der Waals surface area contributed by atoms with E-state index >= 15 is 0 Å². The van der Waals surface area contributed by atoms with Gasteiger partial charge in [-0.2, -0.15) is 0 Å². The third-order valence-corrected chi connectivity index (χ3v) is 5.84. The van der Waals surface area contributed by atoms with E-state index in [0.29, 0.717) is 6.04 Å². The van der Waals surface area contributed by atoms with Crippen LogP contribution in [0.5, 0.6) is 11.5 Å². The number of hydrogen-bond donors (Lipinski definition) is 2. The Hall–Kier alpha value is -1.99. The molecule has 2 rings (SSSR count). The molecule has 0 aliphatic carbocycles. The summed E-state index contributed by atoms with van der Waals surface area (Å²) in [6.45, 7) is 9.39. The molecule has 2 N–H and O–H groups in total. The van der Waals surface area contributed by atoms with Gasteiger partial charge in [-0.05, 0) is 37.0 Å². The zero-order valence-electron chi connectivity index (χ0n) is 19.6. The van der Waals surface area contributed by atoms with Crippen molar-refractivity contribution in [3.8, 4) is 11.5 Å². The number of nitrogens with zero attached hydrogens (tertiary/aromatic N) is 2. The summed E-state index contributed by atoms with van der Waals surface area (Å²) in [7, 11) is 6.92. The quantitative estimate of drug-likeness (QED) is 0.345. The van der Waals surface area contributed by atoms with Crippen LogP contribution in [0, 0.1) is 0 Å². The number of piperidine rings is 1. The zero-order valence-corrected chi connectivity index (χ0v) is 19.6. The molecule has 170 valence electrons. The second kappa shape index (κ2) is 12.0. The molecule has 0 radical (unpaired) electrons. The Morgan fingerprint density at radius 1 is 1.13 bits per heavy atom. The van der Waals surface area contributed by atoms with Crippen molar-refractivity contribution in [1.82, 2.24) is 15.5 Å². The highest BCUT2D eigenvalue weighted by atomic mass is 16.5. The molecule has 0 bridgehead atoms. The van der Waals surface area contributed by atoms with Gasteiger partial charge >= 0.3 is 0 Å². The third kappa shape index (κ3) is 7.06. The minimum absolute atomic E-state index is 0.0954. The van der Waals surface area contributed by atoms with Crippen molar-refractivity contribution < 1.29 is 14.2 Å². The summed E-state index contributed by atoms with van der Waals surface area (Å²) in [4.78, 5) is 6.96. The first-order chi connectivity index (χ1) is 14.4. The molecule has 1 aliphatic heterocycles. The SMILES string of the molecule is CN=C(NCC(C)(C)c1ccc(OC)c(OC)c1)NC1CCN(CCCOC)CC1. The lowest BCUT2D eigenvalue weighted by atomic mass is 9.84. The summed E-state index contributed by atoms with van der Waals surface area (Å²) in [6, 6.07) is 6.57. The number of ether oxygens (including phenoxy) is 3. The predicted octanol–water partition coefficient (Wildman–Crippen LogP) is 2.65. The normalized spacial score (nSPS) is 16.4. The first-order valence-corrected chi connectivity index (χ1v) is 10.8. The highest BCUT2D eigenvalue weighted by molar-refractivity contribution is 5.80. The monoisotopic (exact) mass is 420 g/mol. The van der Waals surface area contributed by atoms with Crippen LogP contribution in [-0.2, 0) is 10.2 Å². The molecule has 0 aromatic heterocycles. The van der Waals surface area contributed by atoms with Gasteiger partial charge in [-0.15, -0.1) is 0 Å². The van der Waals surface area contributed by atoms with Gasteiger partial charge in [-0.25, -0.2) is 0 Å². The lowest BCUT2D eigenvalue weighted by Crippen LogP contribution is -2.50. The number of aliphatic imine (C=N–C) groups is 1. The van der Waals surface area contributed by atoms with E-state index in [4.69, 9.17) is 14.2 Å². The predicted molar refractivity (Wildman–Crippen MR) is 123 cm³/mol. The molecule has 1 saturated heterocycles. The second-order valence-electron chi connectivity index (χ2n) is 8.49. The van der Waals surface area contributed by atoms with Crippen LogP contribution < -0.4 is 20.1 Å². The Morgan fingerprint density at radius 3 is 2.43 bits per heavy atom. The number of likely N-dealkylation sites (tertiary alicyclic amines) is 1. The Balaban J connectivity index is 1.85. The molecule has 1 aromatic rings. The Bertz CT molecular complexity index is 670. The van der Waals surface area contributed by atoms with E-state index in [1.807, 2.05) is 13.1 Å². The van der Waals surface area contributed by atoms with Crippen LogP contribution >= 0.6 is 0 Å². The smallest absolute Gasteiger partial charge is 0.191 e. The van der Waals surface area contributed by atoms with Gasteiger partial charge in [0.2, 0.25) is 0 Å². The van der Waals surface area contributed by atoms with E-state index in [0.717, 1.165) is 69.5 Å². The Kier molecular flexibility index (Phi) is 9.72. The van der Waals surface area contributed by atoms with E-state index in [1.54, 1.807) is 21.3 Å². The van der Waals surface area contributed by atoms with Crippen LogP contribution in [0.2, 0.25) is 0 Å². The summed E-state index contributed by atoms with van der Waals surface area (Å²) < 4.78 is 16.0. The summed E-state index contributed by atoms with van der Waals surface area (Å²) >= 11 is 0. The minimum atomic E-state index is -0.0954. The number of rotatable bonds is 10. The number of hydrogen-bond acceptors (Lipinski definition) is 5. The topological polar surface area (TPSA) is 67.4 Å². The average Bonchev–Trinajstić information content (AvgIpc) is 2.77. The molecule has 1 heterocycles. The maximum Gasteiger partial charge on any atom is 0.191 e. The zero-order chi connectivity index (χ0) is 22.0. The summed E-state index contributed by atoms with van der Waals surface area (Å²) in [6.07, 6.45) is 3.36. The van der Waals surface area contributed by atoms with Crippen molar-refractivity contribution in [2.45, 2.75) is 44.6 Å². The highest BCUT2D eigenvalue weighted by Gasteiger charge is 2.24. The Labute approximate surface area is 182 Å². The summed E-state index contributed by atoms with van der Waals surface area (Å²) in [5, 5.41) is 7.11. The van der Waals surface area contributed by atoms with E-state index in [1.165, 1.54) is 5.56 Å². The fourth-order valence-electron chi connectivity index (χ4n) is 3.79. The third-order valence-electron chi connectivity index (χ3n) is 5.84. The molecule has 0 spiro atoms. The fraction of sp³-hybridized carbons (Fsp3) is 0.696. The molecular formula is C23H40N4O3. The largest absolute Gasteiger partial charge is 0.493 e. The van der Waals surface area contributed by atoms with Crippen molar-refractivity contribution in [2.75, 3.05) is 61.2 Å². The van der Waals surface area contributed by atoms with Gasteiger partial charge in [-0.1, -0.05) is 19.9 Å². The van der Waals surface area contributed by atoms with E-state index in [9.17, 15) is 0 Å². The average molecular weight is 421 g/mol. The van der Waals surface area contributed by atoms with Gasteiger partial charge in [0.05, 0.1) is 14.2 Å². The lowest BCUT2D eigenvalue weighted by Gasteiger charge is -2.34. The van der Waals surface area contributed by atoms with Gasteiger partial charge in [0.15, 0.2) is 17.5 Å². The molecule has 0 saturated carbocycles. The van der Waals surface area contributed by atoms with E-state index < -0.39 is 0 Å². The van der Waals surface area contributed by atoms with Crippen molar-refractivity contribution >= 4 is 5.96 Å². The number of guanidine groups is 1. The van der Waals surface area contributed by atoms with Crippen LogP contribution in [-0.4, -0.2) is 78.1 Å². The summed E-state index contributed by atoms with van der Waals surface area (Å²) in [5.74, 6) is 2.36. The molecule has 1 aromatic carbocycles. The molecule has 0 amide bonds. The van der Waals surface area contributed by atoms with Gasteiger partial charge in [0.1, 0.15) is 0 Å². The first-order valence-electron chi connectivity index (χ1n) is 10.8. The minimum Gasteiger partial charge on any atom is -0.493 e.